The quantitative estimate of drug-likeness (QED) is 0.371. The van der Waals surface area contributed by atoms with Crippen molar-refractivity contribution in [2.24, 2.45) is 0 Å². The smallest absolute Gasteiger partial charge is 0.290 e. The van der Waals surface area contributed by atoms with Gasteiger partial charge < -0.3 is 28.2 Å². The summed E-state index contributed by atoms with van der Waals surface area (Å²) in [5, 5.41) is 4.45. The van der Waals surface area contributed by atoms with Crippen LogP contribution in [0.5, 0.6) is 11.5 Å². The highest BCUT2D eigenvalue weighted by Crippen LogP contribution is 2.36. The first-order valence-corrected chi connectivity index (χ1v) is 11.8. The molecule has 2 aromatic heterocycles. The zero-order valence-corrected chi connectivity index (χ0v) is 19.2. The molecule has 4 aromatic rings. The lowest BCUT2D eigenvalue weighted by molar-refractivity contribution is 0.0697. The maximum atomic E-state index is 13.6. The standard InChI is InChI=1S/C27H25N3O5/c31-26(23-9-6-14-32-23)30(16-19-10-11-22-24(15-19)34-18-33-22)17-21-25(20-7-2-1-3-8-20)28-35-27(21)29-12-4-5-13-29/h1-3,6-11,14-15H,4-5,12-13,16-18H2. The van der Waals surface area contributed by atoms with Gasteiger partial charge in [0, 0.05) is 25.2 Å². The predicted octanol–water partition coefficient (Wildman–Crippen LogP) is 5.11. The number of hydrogen-bond donors (Lipinski definition) is 0. The van der Waals surface area contributed by atoms with Gasteiger partial charge in [-0.15, -0.1) is 0 Å². The van der Waals surface area contributed by atoms with Gasteiger partial charge in [-0.05, 0) is 42.7 Å². The molecule has 4 heterocycles. The fourth-order valence-electron chi connectivity index (χ4n) is 4.64. The number of amides is 1. The molecule has 0 saturated carbocycles. The number of hydrogen-bond acceptors (Lipinski definition) is 7. The van der Waals surface area contributed by atoms with Crippen LogP contribution >= 0.6 is 0 Å². The Hall–Kier alpha value is -4.20. The normalized spacial score (nSPS) is 14.5. The third kappa shape index (κ3) is 4.23. The summed E-state index contributed by atoms with van der Waals surface area (Å²) < 4.78 is 22.4. The Kier molecular flexibility index (Phi) is 5.62. The minimum Gasteiger partial charge on any atom is -0.459 e. The van der Waals surface area contributed by atoms with E-state index in [4.69, 9.17) is 18.4 Å². The second-order valence-corrected chi connectivity index (χ2v) is 8.70. The Morgan fingerprint density at radius 1 is 0.943 bits per heavy atom. The fraction of sp³-hybridized carbons (Fsp3) is 0.259. The van der Waals surface area contributed by atoms with E-state index in [1.165, 1.54) is 6.26 Å². The molecule has 0 radical (unpaired) electrons. The second-order valence-electron chi connectivity index (χ2n) is 8.70. The monoisotopic (exact) mass is 471 g/mol. The molecular weight excluding hydrogens is 446 g/mol. The van der Waals surface area contributed by atoms with Crippen molar-refractivity contribution in [1.82, 2.24) is 10.1 Å². The van der Waals surface area contributed by atoms with Crippen LogP contribution in [0.2, 0.25) is 0 Å². The van der Waals surface area contributed by atoms with E-state index >= 15 is 0 Å². The average molecular weight is 472 g/mol. The van der Waals surface area contributed by atoms with E-state index in [9.17, 15) is 4.79 Å². The maximum Gasteiger partial charge on any atom is 0.290 e. The molecule has 2 aliphatic heterocycles. The number of fused-ring (bicyclic) bond motifs is 1. The molecule has 8 heteroatoms. The van der Waals surface area contributed by atoms with Crippen LogP contribution < -0.4 is 14.4 Å². The molecule has 2 aromatic carbocycles. The molecule has 1 saturated heterocycles. The van der Waals surface area contributed by atoms with E-state index in [0.29, 0.717) is 24.6 Å². The van der Waals surface area contributed by atoms with Crippen molar-refractivity contribution in [2.45, 2.75) is 25.9 Å². The fourth-order valence-corrected chi connectivity index (χ4v) is 4.64. The topological polar surface area (TPSA) is 81.2 Å². The SMILES string of the molecule is O=C(c1ccco1)N(Cc1ccc2c(c1)OCO2)Cc1c(-c2ccccc2)noc1N1CCCC1. The molecule has 0 atom stereocenters. The van der Waals surface area contributed by atoms with Gasteiger partial charge in [-0.2, -0.15) is 0 Å². The van der Waals surface area contributed by atoms with Gasteiger partial charge >= 0.3 is 0 Å². The van der Waals surface area contributed by atoms with Crippen molar-refractivity contribution >= 4 is 11.8 Å². The van der Waals surface area contributed by atoms with E-state index in [2.05, 4.69) is 10.1 Å². The molecule has 0 bridgehead atoms. The maximum absolute atomic E-state index is 13.6. The summed E-state index contributed by atoms with van der Waals surface area (Å²) in [4.78, 5) is 17.5. The van der Waals surface area contributed by atoms with Crippen LogP contribution in [-0.2, 0) is 13.1 Å². The van der Waals surface area contributed by atoms with Crippen LogP contribution in [0.4, 0.5) is 5.88 Å². The van der Waals surface area contributed by atoms with Crippen molar-refractivity contribution < 1.29 is 23.2 Å². The lowest BCUT2D eigenvalue weighted by Gasteiger charge is -2.24. The number of carbonyl (C=O) groups is 1. The Balaban J connectivity index is 1.38. The lowest BCUT2D eigenvalue weighted by Crippen LogP contribution is -2.31. The molecule has 178 valence electrons. The van der Waals surface area contributed by atoms with Crippen molar-refractivity contribution in [2.75, 3.05) is 24.8 Å². The van der Waals surface area contributed by atoms with Gasteiger partial charge in [0.1, 0.15) is 5.69 Å². The third-order valence-corrected chi connectivity index (χ3v) is 6.39. The first-order valence-electron chi connectivity index (χ1n) is 11.8. The number of anilines is 1. The Morgan fingerprint density at radius 2 is 1.77 bits per heavy atom. The van der Waals surface area contributed by atoms with Crippen molar-refractivity contribution in [3.8, 4) is 22.8 Å². The van der Waals surface area contributed by atoms with Gasteiger partial charge in [-0.1, -0.05) is 41.6 Å². The summed E-state index contributed by atoms with van der Waals surface area (Å²) >= 11 is 0. The third-order valence-electron chi connectivity index (χ3n) is 6.39. The highest BCUT2D eigenvalue weighted by Gasteiger charge is 2.29. The highest BCUT2D eigenvalue weighted by atomic mass is 16.7. The summed E-state index contributed by atoms with van der Waals surface area (Å²) in [6, 6.07) is 19.1. The summed E-state index contributed by atoms with van der Waals surface area (Å²) in [7, 11) is 0. The van der Waals surface area contributed by atoms with Crippen molar-refractivity contribution in [1.29, 1.82) is 0 Å². The van der Waals surface area contributed by atoms with Gasteiger partial charge in [0.05, 0.1) is 18.4 Å². The van der Waals surface area contributed by atoms with Crippen LogP contribution in [0.1, 0.15) is 34.5 Å². The summed E-state index contributed by atoms with van der Waals surface area (Å²) in [5.41, 5.74) is 3.51. The van der Waals surface area contributed by atoms with Crippen molar-refractivity contribution in [3.05, 3.63) is 83.8 Å². The minimum absolute atomic E-state index is 0.203. The Labute approximate surface area is 202 Å². The number of ether oxygens (including phenoxy) is 2. The number of benzene rings is 2. The summed E-state index contributed by atoms with van der Waals surface area (Å²) in [6.07, 6.45) is 3.72. The number of furan rings is 1. The van der Waals surface area contributed by atoms with Gasteiger partial charge in [-0.3, -0.25) is 4.79 Å². The first kappa shape index (κ1) is 21.3. The predicted molar refractivity (Wildman–Crippen MR) is 128 cm³/mol. The number of aromatic nitrogens is 1. The first-order chi connectivity index (χ1) is 17.3. The molecular formula is C27H25N3O5. The van der Waals surface area contributed by atoms with Gasteiger partial charge in [-0.25, -0.2) is 0 Å². The molecule has 1 fully saturated rings. The van der Waals surface area contributed by atoms with Gasteiger partial charge in [0.15, 0.2) is 17.3 Å². The molecule has 35 heavy (non-hydrogen) atoms. The number of nitrogens with zero attached hydrogens (tertiary/aromatic N) is 3. The Bertz CT molecular complexity index is 1310. The van der Waals surface area contributed by atoms with E-state index in [0.717, 1.165) is 54.2 Å². The van der Waals surface area contributed by atoms with Gasteiger partial charge in [0.2, 0.25) is 12.7 Å². The zero-order chi connectivity index (χ0) is 23.6. The highest BCUT2D eigenvalue weighted by molar-refractivity contribution is 5.91. The van der Waals surface area contributed by atoms with Crippen LogP contribution in [-0.4, -0.2) is 35.8 Å². The molecule has 0 aliphatic carbocycles. The summed E-state index contributed by atoms with van der Waals surface area (Å²) in [6.45, 7) is 2.69. The molecule has 6 rings (SSSR count). The van der Waals surface area contributed by atoms with E-state index < -0.39 is 0 Å². The molecule has 0 unspecified atom stereocenters. The molecule has 8 nitrogen and oxygen atoms in total. The Morgan fingerprint density at radius 3 is 2.57 bits per heavy atom. The molecule has 1 amide bonds. The lowest BCUT2D eigenvalue weighted by atomic mass is 10.1. The molecule has 2 aliphatic rings. The number of rotatable bonds is 7. The molecule has 0 N–H and O–H groups in total. The second kappa shape index (κ2) is 9.21. The molecule has 0 spiro atoms. The van der Waals surface area contributed by atoms with E-state index in [-0.39, 0.29) is 18.5 Å². The average Bonchev–Trinajstić information content (AvgIpc) is 3.70. The van der Waals surface area contributed by atoms with Crippen LogP contribution in [0.3, 0.4) is 0 Å². The summed E-state index contributed by atoms with van der Waals surface area (Å²) in [5.74, 6) is 2.19. The van der Waals surface area contributed by atoms with E-state index in [1.54, 1.807) is 17.0 Å². The van der Waals surface area contributed by atoms with E-state index in [1.807, 2.05) is 48.5 Å². The van der Waals surface area contributed by atoms with Gasteiger partial charge in [0.25, 0.3) is 5.91 Å². The van der Waals surface area contributed by atoms with Crippen LogP contribution in [0.15, 0.2) is 75.9 Å². The van der Waals surface area contributed by atoms with Crippen LogP contribution in [0.25, 0.3) is 11.3 Å². The largest absolute Gasteiger partial charge is 0.459 e. The zero-order valence-electron chi connectivity index (χ0n) is 19.2. The minimum atomic E-state index is -0.208. The van der Waals surface area contributed by atoms with Crippen LogP contribution in [0, 0.1) is 0 Å². The van der Waals surface area contributed by atoms with Crippen molar-refractivity contribution in [3.63, 3.8) is 0 Å². The number of carbonyl (C=O) groups excluding carboxylic acids is 1.